The van der Waals surface area contributed by atoms with Crippen LogP contribution in [-0.4, -0.2) is 5.78 Å². The lowest BCUT2D eigenvalue weighted by Gasteiger charge is -2.07. The van der Waals surface area contributed by atoms with Crippen molar-refractivity contribution in [1.82, 2.24) is 0 Å². The summed E-state index contributed by atoms with van der Waals surface area (Å²) in [4.78, 5) is 12.6. The fourth-order valence-electron chi connectivity index (χ4n) is 3.01. The molecular formula is C24H19BrO3. The van der Waals surface area contributed by atoms with Gasteiger partial charge in [0.2, 0.25) is 5.78 Å². The Labute approximate surface area is 172 Å². The van der Waals surface area contributed by atoms with Crippen molar-refractivity contribution in [2.45, 2.75) is 20.0 Å². The SMILES string of the molecule is CCc1ccc(C=C2Oc3cc(OCc4ccc(Br)cc4)ccc3C2=O)cc1. The van der Waals surface area contributed by atoms with E-state index >= 15 is 0 Å². The second kappa shape index (κ2) is 8.03. The fraction of sp³-hybridized carbons (Fsp3) is 0.125. The molecule has 0 bridgehead atoms. The molecule has 0 aliphatic carbocycles. The topological polar surface area (TPSA) is 35.5 Å². The van der Waals surface area contributed by atoms with E-state index in [1.165, 1.54) is 5.56 Å². The number of ketones is 1. The third kappa shape index (κ3) is 4.02. The zero-order chi connectivity index (χ0) is 19.5. The monoisotopic (exact) mass is 434 g/mol. The molecule has 4 rings (SSSR count). The van der Waals surface area contributed by atoms with E-state index in [4.69, 9.17) is 9.47 Å². The minimum absolute atomic E-state index is 0.103. The summed E-state index contributed by atoms with van der Waals surface area (Å²) in [5.41, 5.74) is 3.83. The minimum Gasteiger partial charge on any atom is -0.489 e. The van der Waals surface area contributed by atoms with Crippen LogP contribution >= 0.6 is 15.9 Å². The Balaban J connectivity index is 1.49. The highest BCUT2D eigenvalue weighted by molar-refractivity contribution is 9.10. The van der Waals surface area contributed by atoms with Crippen LogP contribution in [0.1, 0.15) is 34.0 Å². The van der Waals surface area contributed by atoms with Crippen molar-refractivity contribution in [2.24, 2.45) is 0 Å². The van der Waals surface area contributed by atoms with Crippen LogP contribution < -0.4 is 9.47 Å². The van der Waals surface area contributed by atoms with E-state index in [1.54, 1.807) is 24.3 Å². The molecule has 140 valence electrons. The molecule has 0 aromatic heterocycles. The van der Waals surface area contributed by atoms with Gasteiger partial charge in [-0.15, -0.1) is 0 Å². The van der Waals surface area contributed by atoms with Crippen LogP contribution in [-0.2, 0) is 13.0 Å². The number of fused-ring (bicyclic) bond motifs is 1. The molecule has 0 saturated heterocycles. The van der Waals surface area contributed by atoms with Gasteiger partial charge in [-0.3, -0.25) is 4.79 Å². The summed E-state index contributed by atoms with van der Waals surface area (Å²) >= 11 is 3.42. The highest BCUT2D eigenvalue weighted by atomic mass is 79.9. The van der Waals surface area contributed by atoms with Gasteiger partial charge in [-0.2, -0.15) is 0 Å². The van der Waals surface area contributed by atoms with Crippen LogP contribution in [0.15, 0.2) is 77.0 Å². The van der Waals surface area contributed by atoms with E-state index in [9.17, 15) is 4.79 Å². The summed E-state index contributed by atoms with van der Waals surface area (Å²) in [6.07, 6.45) is 2.77. The first-order valence-electron chi connectivity index (χ1n) is 9.17. The molecule has 0 spiro atoms. The van der Waals surface area contributed by atoms with Gasteiger partial charge in [-0.25, -0.2) is 0 Å². The molecule has 0 saturated carbocycles. The average molecular weight is 435 g/mol. The summed E-state index contributed by atoms with van der Waals surface area (Å²) in [7, 11) is 0. The summed E-state index contributed by atoms with van der Waals surface area (Å²) in [6.45, 7) is 2.57. The molecule has 3 nitrogen and oxygen atoms in total. The van der Waals surface area contributed by atoms with Gasteiger partial charge in [0.1, 0.15) is 18.1 Å². The lowest BCUT2D eigenvalue weighted by molar-refractivity contribution is 0.101. The van der Waals surface area contributed by atoms with Gasteiger partial charge < -0.3 is 9.47 Å². The van der Waals surface area contributed by atoms with Crippen molar-refractivity contribution in [3.05, 3.63) is 99.2 Å². The predicted octanol–water partition coefficient (Wildman–Crippen LogP) is 6.21. The quantitative estimate of drug-likeness (QED) is 0.448. The van der Waals surface area contributed by atoms with Crippen LogP contribution in [0.2, 0.25) is 0 Å². The molecular weight excluding hydrogens is 416 g/mol. The standard InChI is InChI=1S/C24H19BrO3/c1-2-16-3-5-17(6-4-16)13-23-24(26)21-12-11-20(14-22(21)28-23)27-15-18-7-9-19(25)10-8-18/h3-14H,2,15H2,1H3. The number of halogens is 1. The second-order valence-corrected chi connectivity index (χ2v) is 7.52. The molecule has 0 amide bonds. The van der Waals surface area contributed by atoms with E-state index in [0.717, 1.165) is 22.0 Å². The number of benzene rings is 3. The lowest BCUT2D eigenvalue weighted by Crippen LogP contribution is -1.98. The van der Waals surface area contributed by atoms with Gasteiger partial charge in [-0.05, 0) is 53.5 Å². The molecule has 28 heavy (non-hydrogen) atoms. The van der Waals surface area contributed by atoms with Crippen LogP contribution in [0.3, 0.4) is 0 Å². The molecule has 0 atom stereocenters. The Morgan fingerprint density at radius 2 is 1.68 bits per heavy atom. The van der Waals surface area contributed by atoms with Crippen LogP contribution in [0, 0.1) is 0 Å². The molecule has 0 radical (unpaired) electrons. The molecule has 1 heterocycles. The third-order valence-electron chi connectivity index (χ3n) is 4.65. The van der Waals surface area contributed by atoms with Crippen LogP contribution in [0.4, 0.5) is 0 Å². The Kier molecular flexibility index (Phi) is 5.31. The fourth-order valence-corrected chi connectivity index (χ4v) is 3.27. The molecule has 0 fully saturated rings. The normalized spacial score (nSPS) is 14.1. The summed E-state index contributed by atoms with van der Waals surface area (Å²) in [6, 6.07) is 21.4. The van der Waals surface area contributed by atoms with E-state index in [0.29, 0.717) is 29.4 Å². The number of aryl methyl sites for hydroxylation is 1. The molecule has 1 aliphatic heterocycles. The Hall–Kier alpha value is -2.85. The van der Waals surface area contributed by atoms with Gasteiger partial charge >= 0.3 is 0 Å². The van der Waals surface area contributed by atoms with Crippen molar-refractivity contribution in [3.8, 4) is 11.5 Å². The molecule has 4 heteroatoms. The second-order valence-electron chi connectivity index (χ2n) is 6.61. The van der Waals surface area contributed by atoms with Crippen molar-refractivity contribution in [1.29, 1.82) is 0 Å². The zero-order valence-electron chi connectivity index (χ0n) is 15.4. The average Bonchev–Trinajstić information content (AvgIpc) is 3.03. The number of carbonyl (C=O) groups is 1. The van der Waals surface area contributed by atoms with Gasteiger partial charge in [0.05, 0.1) is 5.56 Å². The lowest BCUT2D eigenvalue weighted by atomic mass is 10.1. The summed E-state index contributed by atoms with van der Waals surface area (Å²) in [5, 5.41) is 0. The predicted molar refractivity (Wildman–Crippen MR) is 114 cm³/mol. The molecule has 0 unspecified atom stereocenters. The van der Waals surface area contributed by atoms with E-state index in [1.807, 2.05) is 36.4 Å². The number of hydrogen-bond acceptors (Lipinski definition) is 3. The Morgan fingerprint density at radius 1 is 0.964 bits per heavy atom. The molecule has 3 aromatic carbocycles. The number of hydrogen-bond donors (Lipinski definition) is 0. The Bertz CT molecular complexity index is 1030. The number of allylic oxidation sites excluding steroid dienone is 1. The summed E-state index contributed by atoms with van der Waals surface area (Å²) in [5.74, 6) is 1.44. The molecule has 3 aromatic rings. The van der Waals surface area contributed by atoms with E-state index in [2.05, 4.69) is 35.0 Å². The van der Waals surface area contributed by atoms with Crippen LogP contribution in [0.5, 0.6) is 11.5 Å². The third-order valence-corrected chi connectivity index (χ3v) is 5.17. The van der Waals surface area contributed by atoms with E-state index in [-0.39, 0.29) is 5.78 Å². The highest BCUT2D eigenvalue weighted by Gasteiger charge is 2.27. The van der Waals surface area contributed by atoms with Crippen LogP contribution in [0.25, 0.3) is 6.08 Å². The van der Waals surface area contributed by atoms with Gasteiger partial charge in [-0.1, -0.05) is 59.3 Å². The maximum absolute atomic E-state index is 12.6. The van der Waals surface area contributed by atoms with Crippen molar-refractivity contribution >= 4 is 27.8 Å². The first-order valence-corrected chi connectivity index (χ1v) is 9.96. The number of ether oxygens (including phenoxy) is 2. The maximum atomic E-state index is 12.6. The van der Waals surface area contributed by atoms with Crippen molar-refractivity contribution in [2.75, 3.05) is 0 Å². The minimum atomic E-state index is -0.103. The smallest absolute Gasteiger partial charge is 0.231 e. The largest absolute Gasteiger partial charge is 0.489 e. The highest BCUT2D eigenvalue weighted by Crippen LogP contribution is 2.35. The van der Waals surface area contributed by atoms with E-state index < -0.39 is 0 Å². The number of carbonyl (C=O) groups excluding carboxylic acids is 1. The van der Waals surface area contributed by atoms with Gasteiger partial charge in [0, 0.05) is 10.5 Å². The molecule has 1 aliphatic rings. The zero-order valence-corrected chi connectivity index (χ0v) is 17.0. The number of rotatable bonds is 5. The van der Waals surface area contributed by atoms with Crippen molar-refractivity contribution < 1.29 is 14.3 Å². The molecule has 0 N–H and O–H groups in total. The van der Waals surface area contributed by atoms with Gasteiger partial charge in [0.15, 0.2) is 5.76 Å². The number of Topliss-reactive ketones (excluding diaryl/α,β-unsaturated/α-hetero) is 1. The summed E-state index contributed by atoms with van der Waals surface area (Å²) < 4.78 is 12.7. The Morgan fingerprint density at radius 3 is 2.39 bits per heavy atom. The first-order chi connectivity index (χ1) is 13.6. The van der Waals surface area contributed by atoms with Gasteiger partial charge in [0.25, 0.3) is 0 Å². The first kappa shape index (κ1) is 18.5. The van der Waals surface area contributed by atoms with Crippen molar-refractivity contribution in [3.63, 3.8) is 0 Å². The maximum Gasteiger partial charge on any atom is 0.231 e.